The number of benzene rings is 2. The van der Waals surface area contributed by atoms with E-state index >= 15 is 0 Å². The van der Waals surface area contributed by atoms with Crippen LogP contribution in [0.3, 0.4) is 0 Å². The molecule has 0 atom stereocenters. The van der Waals surface area contributed by atoms with E-state index in [1.807, 2.05) is 32.0 Å². The Labute approximate surface area is 151 Å². The second kappa shape index (κ2) is 6.15. The highest BCUT2D eigenvalue weighted by Crippen LogP contribution is 2.33. The van der Waals surface area contributed by atoms with Crippen LogP contribution in [0.15, 0.2) is 36.4 Å². The average Bonchev–Trinajstić information content (AvgIpc) is 2.92. The van der Waals surface area contributed by atoms with Crippen molar-refractivity contribution < 1.29 is 4.79 Å². The van der Waals surface area contributed by atoms with Crippen LogP contribution in [-0.2, 0) is 4.79 Å². The monoisotopic (exact) mass is 351 g/mol. The lowest BCUT2D eigenvalue weighted by Gasteiger charge is -2.38. The van der Waals surface area contributed by atoms with Gasteiger partial charge < -0.3 is 10.2 Å². The van der Waals surface area contributed by atoms with Gasteiger partial charge in [0, 0.05) is 18.8 Å². The topological polar surface area (TPSA) is 45.2 Å². The fourth-order valence-electron chi connectivity index (χ4n) is 3.40. The maximum atomic E-state index is 12.6. The van der Waals surface area contributed by atoms with Crippen LogP contribution >= 0.6 is 11.3 Å². The van der Waals surface area contributed by atoms with Crippen LogP contribution in [0, 0.1) is 26.7 Å². The van der Waals surface area contributed by atoms with E-state index in [4.69, 9.17) is 0 Å². The van der Waals surface area contributed by atoms with E-state index < -0.39 is 0 Å². The van der Waals surface area contributed by atoms with Gasteiger partial charge >= 0.3 is 0 Å². The number of hydrogen-bond donors (Lipinski definition) is 1. The number of hydrogen-bond acceptors (Lipinski definition) is 4. The van der Waals surface area contributed by atoms with Crippen LogP contribution in [0.1, 0.15) is 16.7 Å². The lowest BCUT2D eigenvalue weighted by molar-refractivity contribution is -0.120. The number of nitrogens with zero attached hydrogens (tertiary/aromatic N) is 2. The van der Waals surface area contributed by atoms with E-state index in [-0.39, 0.29) is 11.8 Å². The maximum absolute atomic E-state index is 12.6. The number of carbonyl (C=O) groups excluding carboxylic acids is 1. The lowest BCUT2D eigenvalue weighted by Crippen LogP contribution is -2.52. The van der Waals surface area contributed by atoms with Gasteiger partial charge in [-0.2, -0.15) is 0 Å². The third-order valence-electron chi connectivity index (χ3n) is 4.73. The molecular formula is C20H21N3OS. The highest BCUT2D eigenvalue weighted by molar-refractivity contribution is 7.22. The van der Waals surface area contributed by atoms with Crippen LogP contribution in [0.5, 0.6) is 0 Å². The highest BCUT2D eigenvalue weighted by Gasteiger charge is 2.34. The molecule has 0 aliphatic carbocycles. The third kappa shape index (κ3) is 3.00. The van der Waals surface area contributed by atoms with E-state index in [0.29, 0.717) is 0 Å². The first-order valence-electron chi connectivity index (χ1n) is 8.50. The lowest BCUT2D eigenvalue weighted by atomic mass is 9.98. The Kier molecular flexibility index (Phi) is 3.96. The number of anilines is 2. The summed E-state index contributed by atoms with van der Waals surface area (Å²) in [6.07, 6.45) is 0. The van der Waals surface area contributed by atoms with E-state index in [1.165, 1.54) is 10.3 Å². The zero-order valence-electron chi connectivity index (χ0n) is 14.7. The quantitative estimate of drug-likeness (QED) is 0.765. The summed E-state index contributed by atoms with van der Waals surface area (Å²) in [5.41, 5.74) is 5.44. The van der Waals surface area contributed by atoms with Crippen LogP contribution in [-0.4, -0.2) is 24.0 Å². The molecule has 0 saturated carbocycles. The third-order valence-corrected chi connectivity index (χ3v) is 5.83. The first-order valence-corrected chi connectivity index (χ1v) is 9.32. The number of aromatic nitrogens is 1. The number of para-hydroxylation sites is 1. The van der Waals surface area contributed by atoms with E-state index in [2.05, 4.69) is 40.3 Å². The number of thiazole rings is 1. The fourth-order valence-corrected chi connectivity index (χ4v) is 4.38. The number of fused-ring (bicyclic) bond motifs is 1. The molecule has 1 amide bonds. The van der Waals surface area contributed by atoms with Gasteiger partial charge in [-0.05, 0) is 44.0 Å². The van der Waals surface area contributed by atoms with Gasteiger partial charge in [-0.3, -0.25) is 4.79 Å². The minimum absolute atomic E-state index is 0.0205. The minimum Gasteiger partial charge on any atom is -0.346 e. The van der Waals surface area contributed by atoms with Crippen LogP contribution in [0.25, 0.3) is 10.2 Å². The maximum Gasteiger partial charge on any atom is 0.231 e. The highest BCUT2D eigenvalue weighted by atomic mass is 32.1. The Morgan fingerprint density at radius 1 is 1.16 bits per heavy atom. The molecule has 1 aromatic heterocycles. The van der Waals surface area contributed by atoms with Crippen LogP contribution in [0.2, 0.25) is 0 Å². The van der Waals surface area contributed by atoms with Crippen molar-refractivity contribution in [3.63, 3.8) is 0 Å². The molecule has 4 nitrogen and oxygen atoms in total. The molecule has 1 N–H and O–H groups in total. The number of rotatable bonds is 3. The smallest absolute Gasteiger partial charge is 0.231 e. The van der Waals surface area contributed by atoms with E-state index in [0.717, 1.165) is 40.6 Å². The summed E-state index contributed by atoms with van der Waals surface area (Å²) in [7, 11) is 0. The van der Waals surface area contributed by atoms with Gasteiger partial charge in [0.25, 0.3) is 0 Å². The molecule has 128 valence electrons. The van der Waals surface area contributed by atoms with Crippen molar-refractivity contribution in [3.05, 3.63) is 53.1 Å². The van der Waals surface area contributed by atoms with Crippen molar-refractivity contribution in [1.29, 1.82) is 0 Å². The first kappa shape index (κ1) is 16.1. The molecule has 0 unspecified atom stereocenters. The molecule has 1 saturated heterocycles. The predicted molar refractivity (Wildman–Crippen MR) is 105 cm³/mol. The number of nitrogens with one attached hydrogen (secondary N) is 1. The predicted octanol–water partition coefficient (Wildman–Crippen LogP) is 4.30. The number of aryl methyl sites for hydroxylation is 3. The number of carbonyl (C=O) groups is 1. The van der Waals surface area contributed by atoms with Crippen LogP contribution in [0.4, 0.5) is 10.8 Å². The Morgan fingerprint density at radius 3 is 2.52 bits per heavy atom. The summed E-state index contributed by atoms with van der Waals surface area (Å²) in [6, 6.07) is 12.4. The zero-order valence-corrected chi connectivity index (χ0v) is 15.5. The summed E-state index contributed by atoms with van der Waals surface area (Å²) in [4.78, 5) is 19.4. The molecule has 1 aliphatic heterocycles. The van der Waals surface area contributed by atoms with Crippen LogP contribution < -0.4 is 10.2 Å². The summed E-state index contributed by atoms with van der Waals surface area (Å²) in [6.45, 7) is 7.63. The Bertz CT molecular complexity index is 900. The molecule has 2 heterocycles. The Hall–Kier alpha value is -2.40. The van der Waals surface area contributed by atoms with Crippen molar-refractivity contribution in [2.45, 2.75) is 20.8 Å². The molecule has 1 aliphatic rings. The molecule has 4 rings (SSSR count). The Balaban J connectivity index is 1.43. The average molecular weight is 351 g/mol. The summed E-state index contributed by atoms with van der Waals surface area (Å²) in [5, 5.41) is 4.13. The normalized spacial score (nSPS) is 14.6. The van der Waals surface area contributed by atoms with Gasteiger partial charge in [-0.25, -0.2) is 4.98 Å². The van der Waals surface area contributed by atoms with Crippen molar-refractivity contribution in [1.82, 2.24) is 4.98 Å². The molecule has 25 heavy (non-hydrogen) atoms. The minimum atomic E-state index is 0.0205. The molecule has 0 spiro atoms. The van der Waals surface area contributed by atoms with Crippen molar-refractivity contribution in [2.75, 3.05) is 23.3 Å². The SMILES string of the molecule is Cc1cc(C)c(NC(=O)C2CN(c3nc4ccccc4s3)C2)c(C)c1. The second-order valence-corrected chi connectivity index (χ2v) is 7.84. The molecule has 0 radical (unpaired) electrons. The largest absolute Gasteiger partial charge is 0.346 e. The fraction of sp³-hybridized carbons (Fsp3) is 0.300. The van der Waals surface area contributed by atoms with Gasteiger partial charge in [-0.1, -0.05) is 41.2 Å². The molecule has 2 aromatic carbocycles. The second-order valence-electron chi connectivity index (χ2n) is 6.83. The molecule has 0 bridgehead atoms. The van der Waals surface area contributed by atoms with Gasteiger partial charge in [0.15, 0.2) is 5.13 Å². The molecule has 5 heteroatoms. The molecular weight excluding hydrogens is 330 g/mol. The van der Waals surface area contributed by atoms with Crippen molar-refractivity contribution in [3.8, 4) is 0 Å². The van der Waals surface area contributed by atoms with E-state index in [9.17, 15) is 4.79 Å². The first-order chi connectivity index (χ1) is 12.0. The van der Waals surface area contributed by atoms with Gasteiger partial charge in [0.2, 0.25) is 5.91 Å². The summed E-state index contributed by atoms with van der Waals surface area (Å²) < 4.78 is 1.19. The Morgan fingerprint density at radius 2 is 1.84 bits per heavy atom. The summed E-state index contributed by atoms with van der Waals surface area (Å²) >= 11 is 1.69. The molecule has 3 aromatic rings. The number of amides is 1. The standard InChI is InChI=1S/C20H21N3OS/c1-12-8-13(2)18(14(3)9-12)22-19(24)15-10-23(11-15)20-21-16-6-4-5-7-17(16)25-20/h4-9,15H,10-11H2,1-3H3,(H,22,24). The van der Waals surface area contributed by atoms with Gasteiger partial charge in [0.1, 0.15) is 0 Å². The zero-order chi connectivity index (χ0) is 17.6. The van der Waals surface area contributed by atoms with E-state index in [1.54, 1.807) is 11.3 Å². The van der Waals surface area contributed by atoms with Gasteiger partial charge in [0.05, 0.1) is 16.1 Å². The van der Waals surface area contributed by atoms with Gasteiger partial charge in [-0.15, -0.1) is 0 Å². The van der Waals surface area contributed by atoms with Crippen molar-refractivity contribution in [2.24, 2.45) is 5.92 Å². The van der Waals surface area contributed by atoms with Crippen molar-refractivity contribution >= 4 is 38.3 Å². The molecule has 1 fully saturated rings. The summed E-state index contributed by atoms with van der Waals surface area (Å²) in [5.74, 6) is 0.125.